The van der Waals surface area contributed by atoms with Crippen LogP contribution in [0.1, 0.15) is 34.1 Å². The summed E-state index contributed by atoms with van der Waals surface area (Å²) in [5.41, 5.74) is 2.98. The van der Waals surface area contributed by atoms with Gasteiger partial charge >= 0.3 is 5.97 Å². The van der Waals surface area contributed by atoms with Crippen LogP contribution in [0.25, 0.3) is 22.2 Å². The molecule has 210 valence electrons. The van der Waals surface area contributed by atoms with Crippen molar-refractivity contribution in [2.75, 3.05) is 11.5 Å². The number of fused-ring (bicyclic) bond motifs is 2. The van der Waals surface area contributed by atoms with Crippen molar-refractivity contribution in [3.8, 4) is 11.3 Å². The Bertz CT molecular complexity index is 1780. The van der Waals surface area contributed by atoms with E-state index in [9.17, 15) is 19.2 Å². The number of amides is 2. The van der Waals surface area contributed by atoms with Crippen LogP contribution < -0.4 is 4.90 Å². The van der Waals surface area contributed by atoms with Gasteiger partial charge in [-0.1, -0.05) is 75.2 Å². The van der Waals surface area contributed by atoms with Crippen LogP contribution in [0.4, 0.5) is 5.69 Å². The van der Waals surface area contributed by atoms with E-state index >= 15 is 0 Å². The number of benzene rings is 3. The highest BCUT2D eigenvalue weighted by molar-refractivity contribution is 9.10. The van der Waals surface area contributed by atoms with E-state index in [1.165, 1.54) is 4.90 Å². The first-order valence-corrected chi connectivity index (χ1v) is 15.0. The maximum absolute atomic E-state index is 13.3. The quantitative estimate of drug-likeness (QED) is 0.0924. The second-order valence-electron chi connectivity index (χ2n) is 10.4. The van der Waals surface area contributed by atoms with E-state index in [1.807, 2.05) is 25.1 Å². The third kappa shape index (κ3) is 5.23. The van der Waals surface area contributed by atoms with Crippen LogP contribution in [-0.2, 0) is 14.3 Å². The SMILES string of the molecule is CC1C=CCC2C(=O)N(c3ccc(-c4cc(C(=O)OCC(=O)c5ccc(Br)cc5)c5cc(Br)ccc5n4)cc3)C(=O)C12. The number of imide groups is 1. The Labute approximate surface area is 258 Å². The molecule has 3 aromatic carbocycles. The van der Waals surface area contributed by atoms with Crippen LogP contribution in [0.2, 0.25) is 0 Å². The minimum atomic E-state index is -0.651. The zero-order valence-electron chi connectivity index (χ0n) is 22.4. The topological polar surface area (TPSA) is 93.6 Å². The summed E-state index contributed by atoms with van der Waals surface area (Å²) < 4.78 is 7.05. The molecule has 42 heavy (non-hydrogen) atoms. The van der Waals surface area contributed by atoms with Gasteiger partial charge in [0, 0.05) is 25.5 Å². The van der Waals surface area contributed by atoms with Gasteiger partial charge in [0.15, 0.2) is 12.4 Å². The number of carbonyl (C=O) groups is 4. The number of ketones is 1. The Balaban J connectivity index is 1.28. The summed E-state index contributed by atoms with van der Waals surface area (Å²) in [4.78, 5) is 58.3. The molecule has 7 nitrogen and oxygen atoms in total. The van der Waals surface area contributed by atoms with Gasteiger partial charge in [-0.3, -0.25) is 19.3 Å². The second-order valence-corrected chi connectivity index (χ2v) is 12.3. The summed E-state index contributed by atoms with van der Waals surface area (Å²) in [6, 6.07) is 20.9. The van der Waals surface area contributed by atoms with Gasteiger partial charge in [-0.25, -0.2) is 9.78 Å². The smallest absolute Gasteiger partial charge is 0.339 e. The Kier molecular flexibility index (Phi) is 7.64. The van der Waals surface area contributed by atoms with Crippen molar-refractivity contribution in [1.82, 2.24) is 4.98 Å². The van der Waals surface area contributed by atoms with Crippen molar-refractivity contribution >= 4 is 72.0 Å². The number of Topliss-reactive ketones (excluding diaryl/α,β-unsaturated/α-hetero) is 1. The number of nitrogens with zero attached hydrogens (tertiary/aromatic N) is 2. The summed E-state index contributed by atoms with van der Waals surface area (Å²) in [5, 5.41) is 0.574. The predicted molar refractivity (Wildman–Crippen MR) is 166 cm³/mol. The lowest BCUT2D eigenvalue weighted by molar-refractivity contribution is -0.122. The average molecular weight is 688 g/mol. The summed E-state index contributed by atoms with van der Waals surface area (Å²) in [5.74, 6) is -1.98. The highest BCUT2D eigenvalue weighted by Gasteiger charge is 2.50. The highest BCUT2D eigenvalue weighted by atomic mass is 79.9. The lowest BCUT2D eigenvalue weighted by Gasteiger charge is -2.22. The molecule has 0 N–H and O–H groups in total. The molecule has 2 aliphatic rings. The van der Waals surface area contributed by atoms with Crippen molar-refractivity contribution in [1.29, 1.82) is 0 Å². The first-order chi connectivity index (χ1) is 20.2. The van der Waals surface area contributed by atoms with E-state index in [-0.39, 0.29) is 40.9 Å². The van der Waals surface area contributed by atoms with Gasteiger partial charge in [0.2, 0.25) is 11.8 Å². The molecule has 1 aliphatic carbocycles. The molecule has 6 rings (SSSR count). The van der Waals surface area contributed by atoms with Gasteiger partial charge in [0.1, 0.15) is 0 Å². The summed E-state index contributed by atoms with van der Waals surface area (Å²) in [7, 11) is 0. The summed E-state index contributed by atoms with van der Waals surface area (Å²) >= 11 is 6.79. The molecule has 4 aromatic rings. The van der Waals surface area contributed by atoms with Gasteiger partial charge in [-0.2, -0.15) is 0 Å². The molecule has 0 radical (unpaired) electrons. The van der Waals surface area contributed by atoms with E-state index in [1.54, 1.807) is 66.7 Å². The maximum Gasteiger partial charge on any atom is 0.339 e. The number of aromatic nitrogens is 1. The fourth-order valence-electron chi connectivity index (χ4n) is 5.63. The molecule has 3 atom stereocenters. The van der Waals surface area contributed by atoms with Crippen molar-refractivity contribution in [2.45, 2.75) is 13.3 Å². The van der Waals surface area contributed by atoms with Crippen LogP contribution in [0, 0.1) is 17.8 Å². The molecule has 2 heterocycles. The third-order valence-corrected chi connectivity index (χ3v) is 8.81. The number of pyridine rings is 1. The van der Waals surface area contributed by atoms with Crippen molar-refractivity contribution in [3.63, 3.8) is 0 Å². The number of halogens is 2. The molecular formula is C33H24Br2N2O5. The minimum Gasteiger partial charge on any atom is -0.454 e. The molecular weight excluding hydrogens is 664 g/mol. The monoisotopic (exact) mass is 686 g/mol. The Morgan fingerprint density at radius 1 is 0.929 bits per heavy atom. The first-order valence-electron chi connectivity index (χ1n) is 13.4. The van der Waals surface area contributed by atoms with Crippen LogP contribution in [0.15, 0.2) is 93.9 Å². The Morgan fingerprint density at radius 3 is 2.36 bits per heavy atom. The minimum absolute atomic E-state index is 0.00893. The fraction of sp³-hybridized carbons (Fsp3) is 0.182. The number of rotatable bonds is 6. The van der Waals surface area contributed by atoms with E-state index < -0.39 is 12.6 Å². The molecule has 9 heteroatoms. The molecule has 1 aliphatic heterocycles. The Morgan fingerprint density at radius 2 is 1.64 bits per heavy atom. The number of hydrogen-bond acceptors (Lipinski definition) is 6. The van der Waals surface area contributed by atoms with Gasteiger partial charge < -0.3 is 4.74 Å². The van der Waals surface area contributed by atoms with Crippen LogP contribution in [-0.4, -0.2) is 35.2 Å². The number of hydrogen-bond donors (Lipinski definition) is 0. The van der Waals surface area contributed by atoms with Gasteiger partial charge in [0.05, 0.1) is 34.3 Å². The normalized spacial score (nSPS) is 19.7. The fourth-order valence-corrected chi connectivity index (χ4v) is 6.25. The van der Waals surface area contributed by atoms with Crippen molar-refractivity contribution < 1.29 is 23.9 Å². The molecule has 1 aromatic heterocycles. The van der Waals surface area contributed by atoms with Crippen molar-refractivity contribution in [2.24, 2.45) is 17.8 Å². The molecule has 2 amide bonds. The molecule has 0 spiro atoms. The van der Waals surface area contributed by atoms with E-state index in [4.69, 9.17) is 9.72 Å². The van der Waals surface area contributed by atoms with E-state index in [0.717, 1.165) is 8.95 Å². The zero-order valence-corrected chi connectivity index (χ0v) is 25.6. The molecule has 1 saturated heterocycles. The maximum atomic E-state index is 13.3. The highest BCUT2D eigenvalue weighted by Crippen LogP contribution is 2.41. The van der Waals surface area contributed by atoms with Crippen LogP contribution in [0.3, 0.4) is 0 Å². The third-order valence-electron chi connectivity index (χ3n) is 7.79. The molecule has 1 fully saturated rings. The average Bonchev–Trinajstić information content (AvgIpc) is 3.25. The number of allylic oxidation sites excluding steroid dienone is 2. The Hall–Kier alpha value is -3.95. The lowest BCUT2D eigenvalue weighted by Crippen LogP contribution is -2.31. The number of esters is 1. The number of ether oxygens (including phenoxy) is 1. The van der Waals surface area contributed by atoms with Crippen molar-refractivity contribution in [3.05, 3.63) is 105 Å². The summed E-state index contributed by atoms with van der Waals surface area (Å²) in [6.07, 6.45) is 4.55. The van der Waals surface area contributed by atoms with Gasteiger partial charge in [0.25, 0.3) is 0 Å². The van der Waals surface area contributed by atoms with E-state index in [0.29, 0.717) is 39.8 Å². The molecule has 0 saturated carbocycles. The van der Waals surface area contributed by atoms with Gasteiger partial charge in [-0.05, 0) is 60.9 Å². The van der Waals surface area contributed by atoms with Gasteiger partial charge in [-0.15, -0.1) is 0 Å². The summed E-state index contributed by atoms with van der Waals surface area (Å²) in [6.45, 7) is 1.56. The lowest BCUT2D eigenvalue weighted by atomic mass is 9.78. The molecule has 3 unspecified atom stereocenters. The number of anilines is 1. The van der Waals surface area contributed by atoms with Crippen LogP contribution in [0.5, 0.6) is 0 Å². The van der Waals surface area contributed by atoms with E-state index in [2.05, 4.69) is 31.9 Å². The predicted octanol–water partition coefficient (Wildman–Crippen LogP) is 7.17. The van der Waals surface area contributed by atoms with Crippen LogP contribution >= 0.6 is 31.9 Å². The molecule has 0 bridgehead atoms. The largest absolute Gasteiger partial charge is 0.454 e. The number of carbonyl (C=O) groups excluding carboxylic acids is 4. The standard InChI is InChI=1S/C33H24Br2N2O5/c1-18-3-2-4-24-30(18)32(40)37(31(24)39)23-12-7-19(8-13-23)28-16-26(25-15-22(35)11-14-27(25)36-28)33(41)42-17-29(38)20-5-9-21(34)10-6-20/h2-3,5-16,18,24,30H,4,17H2,1H3. The zero-order chi connectivity index (χ0) is 29.5. The second kappa shape index (κ2) is 11.4. The first kappa shape index (κ1) is 28.2.